The van der Waals surface area contributed by atoms with Crippen LogP contribution in [0.5, 0.6) is 5.75 Å². The number of ether oxygens (including phenoxy) is 1. The van der Waals surface area contributed by atoms with E-state index >= 15 is 0 Å². The smallest absolute Gasteiger partial charge is 0.122 e. The first-order valence-corrected chi connectivity index (χ1v) is 8.46. The third kappa shape index (κ3) is 3.58. The molecule has 0 spiro atoms. The van der Waals surface area contributed by atoms with Crippen molar-refractivity contribution in [1.29, 1.82) is 0 Å². The average Bonchev–Trinajstić information content (AvgIpc) is 2.95. The van der Waals surface area contributed by atoms with Gasteiger partial charge in [0.05, 0.1) is 6.61 Å². The van der Waals surface area contributed by atoms with Gasteiger partial charge < -0.3 is 15.0 Å². The van der Waals surface area contributed by atoms with Gasteiger partial charge in [-0.05, 0) is 49.0 Å². The second kappa shape index (κ2) is 6.80. The first kappa shape index (κ1) is 14.9. The van der Waals surface area contributed by atoms with Crippen LogP contribution in [-0.2, 0) is 12.8 Å². The van der Waals surface area contributed by atoms with E-state index in [9.17, 15) is 0 Å². The second-order valence-corrected chi connectivity index (χ2v) is 6.52. The standard InChI is InChI=1S/C18H28N2O/c1-3-19-17-7-10-20(13-14(17)2)9-6-15-4-5-18-16(12-15)8-11-21-18/h4-5,12,14,17,19H,3,6-11,13H2,1-2H3. The lowest BCUT2D eigenvalue weighted by Gasteiger charge is -2.37. The number of benzene rings is 1. The van der Waals surface area contributed by atoms with Crippen LogP contribution in [0.2, 0.25) is 0 Å². The summed E-state index contributed by atoms with van der Waals surface area (Å²) in [5.41, 5.74) is 2.85. The summed E-state index contributed by atoms with van der Waals surface area (Å²) >= 11 is 0. The van der Waals surface area contributed by atoms with Crippen molar-refractivity contribution in [3.63, 3.8) is 0 Å². The SMILES string of the molecule is CCNC1CCN(CCc2ccc3c(c2)CCO3)CC1C. The maximum Gasteiger partial charge on any atom is 0.122 e. The molecule has 3 nitrogen and oxygen atoms in total. The molecule has 1 fully saturated rings. The van der Waals surface area contributed by atoms with E-state index in [0.717, 1.165) is 37.7 Å². The molecule has 1 aromatic rings. The zero-order valence-corrected chi connectivity index (χ0v) is 13.4. The van der Waals surface area contributed by atoms with Crippen molar-refractivity contribution in [2.45, 2.75) is 39.2 Å². The van der Waals surface area contributed by atoms with Crippen LogP contribution in [0.4, 0.5) is 0 Å². The van der Waals surface area contributed by atoms with Crippen LogP contribution in [0.25, 0.3) is 0 Å². The molecule has 2 aliphatic heterocycles. The Bertz CT molecular complexity index is 474. The van der Waals surface area contributed by atoms with Crippen molar-refractivity contribution in [2.24, 2.45) is 5.92 Å². The summed E-state index contributed by atoms with van der Waals surface area (Å²) in [5, 5.41) is 3.62. The minimum atomic E-state index is 0.711. The number of hydrogen-bond acceptors (Lipinski definition) is 3. The Kier molecular flexibility index (Phi) is 4.81. The summed E-state index contributed by atoms with van der Waals surface area (Å²) in [4.78, 5) is 2.63. The van der Waals surface area contributed by atoms with E-state index in [1.54, 1.807) is 0 Å². The summed E-state index contributed by atoms with van der Waals surface area (Å²) in [6, 6.07) is 7.44. The highest BCUT2D eigenvalue weighted by Gasteiger charge is 2.24. The van der Waals surface area contributed by atoms with Crippen molar-refractivity contribution in [3.05, 3.63) is 29.3 Å². The maximum absolute atomic E-state index is 5.58. The molecule has 0 bridgehead atoms. The second-order valence-electron chi connectivity index (χ2n) is 6.52. The number of hydrogen-bond donors (Lipinski definition) is 1. The summed E-state index contributed by atoms with van der Waals surface area (Å²) in [6.45, 7) is 10.2. The number of rotatable bonds is 5. The van der Waals surface area contributed by atoms with Gasteiger partial charge in [0, 0.05) is 25.6 Å². The molecule has 1 N–H and O–H groups in total. The molecule has 2 unspecified atom stereocenters. The van der Waals surface area contributed by atoms with E-state index in [1.165, 1.54) is 37.2 Å². The summed E-state index contributed by atoms with van der Waals surface area (Å²) in [6.07, 6.45) is 3.52. The van der Waals surface area contributed by atoms with Gasteiger partial charge in [-0.3, -0.25) is 0 Å². The van der Waals surface area contributed by atoms with Crippen LogP contribution in [0.1, 0.15) is 31.4 Å². The van der Waals surface area contributed by atoms with Crippen molar-refractivity contribution in [1.82, 2.24) is 10.2 Å². The van der Waals surface area contributed by atoms with Gasteiger partial charge in [-0.1, -0.05) is 26.0 Å². The number of nitrogens with one attached hydrogen (secondary N) is 1. The number of likely N-dealkylation sites (tertiary alicyclic amines) is 1. The van der Waals surface area contributed by atoms with Crippen LogP contribution in [0, 0.1) is 5.92 Å². The van der Waals surface area contributed by atoms with E-state index in [2.05, 4.69) is 42.3 Å². The van der Waals surface area contributed by atoms with Crippen LogP contribution < -0.4 is 10.1 Å². The Morgan fingerprint density at radius 1 is 1.38 bits per heavy atom. The lowest BCUT2D eigenvalue weighted by Crippen LogP contribution is -2.48. The normalized spacial score (nSPS) is 25.6. The fourth-order valence-electron chi connectivity index (χ4n) is 3.68. The van der Waals surface area contributed by atoms with Gasteiger partial charge in [0.25, 0.3) is 0 Å². The zero-order chi connectivity index (χ0) is 14.7. The molecule has 0 saturated carbocycles. The van der Waals surface area contributed by atoms with Crippen molar-refractivity contribution in [3.8, 4) is 5.75 Å². The molecule has 0 amide bonds. The van der Waals surface area contributed by atoms with E-state index < -0.39 is 0 Å². The van der Waals surface area contributed by atoms with Gasteiger partial charge in [-0.15, -0.1) is 0 Å². The maximum atomic E-state index is 5.58. The molecule has 21 heavy (non-hydrogen) atoms. The highest BCUT2D eigenvalue weighted by atomic mass is 16.5. The summed E-state index contributed by atoms with van der Waals surface area (Å²) in [7, 11) is 0. The van der Waals surface area contributed by atoms with Gasteiger partial charge in [0.1, 0.15) is 5.75 Å². The Labute approximate surface area is 128 Å². The molecule has 0 aromatic heterocycles. The van der Waals surface area contributed by atoms with E-state index in [4.69, 9.17) is 4.74 Å². The lowest BCUT2D eigenvalue weighted by atomic mass is 9.93. The van der Waals surface area contributed by atoms with Crippen molar-refractivity contribution in [2.75, 3.05) is 32.8 Å². The molecule has 0 aliphatic carbocycles. The third-order valence-corrected chi connectivity index (χ3v) is 4.93. The predicted octanol–water partition coefficient (Wildman–Crippen LogP) is 2.48. The highest BCUT2D eigenvalue weighted by molar-refractivity contribution is 5.39. The Balaban J connectivity index is 1.49. The quantitative estimate of drug-likeness (QED) is 0.901. The van der Waals surface area contributed by atoms with Crippen LogP contribution in [0.15, 0.2) is 18.2 Å². The Morgan fingerprint density at radius 2 is 2.29 bits per heavy atom. The molecule has 3 heteroatoms. The zero-order valence-electron chi connectivity index (χ0n) is 13.4. The number of fused-ring (bicyclic) bond motifs is 1. The van der Waals surface area contributed by atoms with E-state index in [-0.39, 0.29) is 0 Å². The molecular weight excluding hydrogens is 260 g/mol. The largest absolute Gasteiger partial charge is 0.493 e. The summed E-state index contributed by atoms with van der Waals surface area (Å²) in [5.74, 6) is 1.85. The number of piperidine rings is 1. The minimum absolute atomic E-state index is 0.711. The van der Waals surface area contributed by atoms with Gasteiger partial charge in [-0.25, -0.2) is 0 Å². The van der Waals surface area contributed by atoms with Crippen LogP contribution in [-0.4, -0.2) is 43.7 Å². The van der Waals surface area contributed by atoms with Crippen LogP contribution >= 0.6 is 0 Å². The molecule has 2 heterocycles. The molecule has 2 atom stereocenters. The first-order chi connectivity index (χ1) is 10.3. The molecule has 0 radical (unpaired) electrons. The monoisotopic (exact) mass is 288 g/mol. The van der Waals surface area contributed by atoms with Gasteiger partial charge >= 0.3 is 0 Å². The molecule has 3 rings (SSSR count). The molecule has 116 valence electrons. The average molecular weight is 288 g/mol. The molecule has 2 aliphatic rings. The minimum Gasteiger partial charge on any atom is -0.493 e. The van der Waals surface area contributed by atoms with Gasteiger partial charge in [0.15, 0.2) is 0 Å². The van der Waals surface area contributed by atoms with Crippen LogP contribution in [0.3, 0.4) is 0 Å². The fraction of sp³-hybridized carbons (Fsp3) is 0.667. The van der Waals surface area contributed by atoms with Gasteiger partial charge in [0.2, 0.25) is 0 Å². The summed E-state index contributed by atoms with van der Waals surface area (Å²) < 4.78 is 5.58. The Hall–Kier alpha value is -1.06. The number of nitrogens with zero attached hydrogens (tertiary/aromatic N) is 1. The van der Waals surface area contributed by atoms with Gasteiger partial charge in [-0.2, -0.15) is 0 Å². The van der Waals surface area contributed by atoms with Crippen molar-refractivity contribution < 1.29 is 4.74 Å². The first-order valence-electron chi connectivity index (χ1n) is 8.46. The highest BCUT2D eigenvalue weighted by Crippen LogP contribution is 2.26. The lowest BCUT2D eigenvalue weighted by molar-refractivity contribution is 0.150. The fourth-order valence-corrected chi connectivity index (χ4v) is 3.68. The third-order valence-electron chi connectivity index (χ3n) is 4.93. The molecule has 1 aromatic carbocycles. The van der Waals surface area contributed by atoms with E-state index in [0.29, 0.717) is 6.04 Å². The molecular formula is C18H28N2O. The predicted molar refractivity (Wildman–Crippen MR) is 87.0 cm³/mol. The molecule has 1 saturated heterocycles. The topological polar surface area (TPSA) is 24.5 Å². The van der Waals surface area contributed by atoms with E-state index in [1.807, 2.05) is 0 Å². The van der Waals surface area contributed by atoms with Crippen molar-refractivity contribution >= 4 is 0 Å². The Morgan fingerprint density at radius 3 is 3.10 bits per heavy atom.